The molecule has 12 rings (SSSR count). The van der Waals surface area contributed by atoms with Gasteiger partial charge in [-0.2, -0.15) is 0 Å². The number of alkyl halides is 1. The number of rotatable bonds is 28. The average molecular weight is 1830 g/mol. The van der Waals surface area contributed by atoms with Crippen molar-refractivity contribution in [2.24, 2.45) is 0 Å². The maximum absolute atomic E-state index is 12.0. The van der Waals surface area contributed by atoms with Crippen molar-refractivity contribution in [1.29, 1.82) is 0 Å². The van der Waals surface area contributed by atoms with Gasteiger partial charge in [-0.25, -0.2) is 45.5 Å². The number of sulfonamides is 2. The van der Waals surface area contributed by atoms with Gasteiger partial charge >= 0.3 is 30.2 Å². The number of benzene rings is 12. The van der Waals surface area contributed by atoms with E-state index in [1.165, 1.54) is 19.7 Å². The van der Waals surface area contributed by atoms with Crippen LogP contribution in [0.25, 0.3) is 0 Å². The number of halogens is 1. The van der Waals surface area contributed by atoms with E-state index in [1.54, 1.807) is 106 Å². The van der Waals surface area contributed by atoms with E-state index in [0.29, 0.717) is 67.5 Å². The van der Waals surface area contributed by atoms with Gasteiger partial charge in [0, 0.05) is 89.3 Å². The first kappa shape index (κ1) is 108. The number of para-hydroxylation sites is 7. The van der Waals surface area contributed by atoms with Gasteiger partial charge in [0.25, 0.3) is 0 Å². The molecule has 686 valence electrons. The summed E-state index contributed by atoms with van der Waals surface area (Å²) in [6, 6.07) is 108. The van der Waals surface area contributed by atoms with Gasteiger partial charge in [-0.05, 0) is 179 Å². The van der Waals surface area contributed by atoms with Crippen LogP contribution in [0.4, 0.5) is 64.7 Å². The van der Waals surface area contributed by atoms with Gasteiger partial charge in [0.1, 0.15) is 6.04 Å². The fraction of sp³-hybridized carbons (Fsp3) is 0.176. The summed E-state index contributed by atoms with van der Waals surface area (Å²) >= 11 is 5.41. The lowest BCUT2D eigenvalue weighted by Gasteiger charge is -2.17. The lowest BCUT2D eigenvalue weighted by Crippen LogP contribution is -2.45. The molecule has 0 aromatic heterocycles. The Morgan fingerprint density at radius 1 is 0.427 bits per heavy atom. The Morgan fingerprint density at radius 2 is 0.779 bits per heavy atom. The van der Waals surface area contributed by atoms with E-state index in [4.69, 9.17) is 27.5 Å². The van der Waals surface area contributed by atoms with Gasteiger partial charge < -0.3 is 57.3 Å². The summed E-state index contributed by atoms with van der Waals surface area (Å²) in [7, 11) is -3.83. The molecule has 1 unspecified atom stereocenters. The maximum atomic E-state index is 12.0. The van der Waals surface area contributed by atoms with Crippen molar-refractivity contribution < 1.29 is 64.7 Å². The predicted molar refractivity (Wildman–Crippen MR) is 529 cm³/mol. The molecule has 0 aliphatic rings. The summed E-state index contributed by atoms with van der Waals surface area (Å²) in [5.41, 5.74) is 9.93. The molecule has 12 aromatic rings. The highest BCUT2D eigenvalue weighted by molar-refractivity contribution is 7.93. The number of hydrogen-bond donors (Lipinski definition) is 12. The fourth-order valence-electron chi connectivity index (χ4n) is 10.3. The van der Waals surface area contributed by atoms with E-state index >= 15 is 0 Å². The lowest BCUT2D eigenvalue weighted by atomic mass is 10.1. The van der Waals surface area contributed by atoms with Crippen LogP contribution < -0.4 is 62.6 Å². The number of anilines is 8. The summed E-state index contributed by atoms with van der Waals surface area (Å²) < 4.78 is 59.3. The first-order valence-electron chi connectivity index (χ1n) is 41.6. The second-order valence-corrected chi connectivity index (χ2v) is 31.9. The highest BCUT2D eigenvalue weighted by Crippen LogP contribution is 2.17. The molecular weight excluding hydrogens is 1720 g/mol. The number of terminal acetylenes is 1. The number of amides is 10. The monoisotopic (exact) mass is 1830 g/mol. The standard InChI is InChI=1S/C17H18N2O3.C15H15NO.C14H13NO.C11H13NO2S.C10H12N2O.C10H13NO.C9H11ClN2O.C9H11NO2.C7H9NO2S/c1-22-16(20)15(12-13-8-4-2-5-9-13)19-17(21)18-14-10-6-3-7-11-14;17-15(16-14-9-5-2-6-10-14)12-11-13-7-3-1-4-8-13;16-14(11-12-7-3-1-4-8-12)15-13-9-5-2-6-10-13;1-4-10-5-7-11(8-6-10)12-15(13,14)9(2)3;1-2-8-11-10(13)12-9-6-4-3-5-7-9;1-2-6-10(12)11-9-7-4-3-5-8-9;10-6-7-11-9(13)12-8-4-2-1-3-5-8;1-2-12-9(11)10-8-6-4-3-5-7-8;1-8-11(9,10)7-5-3-2-4-6-7/h2-11,15H,12H2,1H3,(H2,18,19,21);1-10H,11-12H2,(H,16,17);1-10H,11H2,(H,15,16);1,5-9,12H,2-3H3;2-7H,1,8H2,(H2,11,12,13);3-5,7-8H,2,6H2,1H3,(H,11,12);1-5H,6-7H2,(H2,11,12,13);3-7H,2H2,1H3,(H,10,11);2-6,8H,1H3. The Bertz CT molecular complexity index is 5410. The molecule has 26 nitrogen and oxygen atoms in total. The van der Waals surface area contributed by atoms with Crippen LogP contribution in [0.1, 0.15) is 69.2 Å². The van der Waals surface area contributed by atoms with Crippen molar-refractivity contribution in [2.75, 3.05) is 81.7 Å². The highest BCUT2D eigenvalue weighted by atomic mass is 35.5. The van der Waals surface area contributed by atoms with Gasteiger partial charge in [0.15, 0.2) is 0 Å². The third-order valence-electron chi connectivity index (χ3n) is 16.8. The molecule has 0 bridgehead atoms. The van der Waals surface area contributed by atoms with E-state index in [0.717, 1.165) is 63.7 Å². The van der Waals surface area contributed by atoms with Crippen LogP contribution in [0, 0.1) is 12.3 Å². The van der Waals surface area contributed by atoms with Crippen LogP contribution >= 0.6 is 11.6 Å². The molecule has 12 aromatic carbocycles. The summed E-state index contributed by atoms with van der Waals surface area (Å²) in [4.78, 5) is 91.7. The van der Waals surface area contributed by atoms with E-state index in [9.17, 15) is 55.2 Å². The predicted octanol–water partition coefficient (Wildman–Crippen LogP) is 19.9. The minimum absolute atomic E-state index is 0.0115. The summed E-state index contributed by atoms with van der Waals surface area (Å²) in [6.07, 6.45) is 9.96. The molecule has 0 aliphatic carbocycles. The van der Waals surface area contributed by atoms with E-state index in [1.807, 2.05) is 286 Å². The van der Waals surface area contributed by atoms with Crippen LogP contribution in [0.3, 0.4) is 0 Å². The molecule has 0 aliphatic heterocycles. The van der Waals surface area contributed by atoms with Crippen LogP contribution in [-0.2, 0) is 68.0 Å². The molecule has 29 heteroatoms. The van der Waals surface area contributed by atoms with Gasteiger partial charge in [0.05, 0.1) is 30.3 Å². The fourth-order valence-corrected chi connectivity index (χ4v) is 11.9. The van der Waals surface area contributed by atoms with E-state index in [2.05, 4.69) is 75.1 Å². The SMILES string of the molecule is C#Cc1ccc(NS(=O)(=O)C(C)C)cc1.C=CCNC(=O)Nc1ccccc1.CCCC(=O)Nc1ccccc1.CCOC(=O)Nc1ccccc1.CNS(=O)(=O)c1ccccc1.COC(=O)C(Cc1ccccc1)NC(=O)Nc1ccccc1.O=C(CCc1ccccc1)Nc1ccccc1.O=C(Cc1ccccc1)Nc1ccccc1.O=C(NCCCl)Nc1ccccc1. The Hall–Kier alpha value is -15.2. The Morgan fingerprint density at radius 3 is 1.15 bits per heavy atom. The zero-order valence-electron chi connectivity index (χ0n) is 74.1. The van der Waals surface area contributed by atoms with E-state index in [-0.39, 0.29) is 29.8 Å². The van der Waals surface area contributed by atoms with Gasteiger partial charge in [0.2, 0.25) is 37.8 Å². The van der Waals surface area contributed by atoms with Crippen molar-refractivity contribution in [2.45, 2.75) is 82.4 Å². The third-order valence-corrected chi connectivity index (χ3v) is 20.2. The van der Waals surface area contributed by atoms with Crippen LogP contribution in [-0.4, -0.2) is 116 Å². The summed E-state index contributed by atoms with van der Waals surface area (Å²) in [6.45, 7) is 11.8. The van der Waals surface area contributed by atoms with Crippen LogP contribution in [0.15, 0.2) is 375 Å². The number of methoxy groups -OCH3 is 1. The number of esters is 1. The number of carbonyl (C=O) groups is 8. The zero-order chi connectivity index (χ0) is 95.4. The lowest BCUT2D eigenvalue weighted by molar-refractivity contribution is -0.142. The smallest absolute Gasteiger partial charge is 0.411 e. The minimum Gasteiger partial charge on any atom is -0.467 e. The van der Waals surface area contributed by atoms with Gasteiger partial charge in [-0.15, -0.1) is 24.6 Å². The third kappa shape index (κ3) is 50.7. The molecule has 0 radical (unpaired) electrons. The minimum atomic E-state index is -3.27. The highest BCUT2D eigenvalue weighted by Gasteiger charge is 2.22. The maximum Gasteiger partial charge on any atom is 0.411 e. The molecule has 131 heavy (non-hydrogen) atoms. The van der Waals surface area contributed by atoms with Crippen LogP contribution in [0.2, 0.25) is 0 Å². The van der Waals surface area contributed by atoms with Gasteiger partial charge in [-0.1, -0.05) is 256 Å². The van der Waals surface area contributed by atoms with Crippen LogP contribution in [0.5, 0.6) is 0 Å². The number of urea groups is 3. The van der Waals surface area contributed by atoms with Gasteiger partial charge in [-0.3, -0.25) is 24.4 Å². The molecule has 0 saturated carbocycles. The molecule has 0 heterocycles. The second kappa shape index (κ2) is 65.4. The normalized spacial score (nSPS) is 10.1. The average Bonchev–Trinajstić information content (AvgIpc) is 0.956. The van der Waals surface area contributed by atoms with E-state index < -0.39 is 49.4 Å². The molecular formula is C102H115ClN12O14S2. The summed E-state index contributed by atoms with van der Waals surface area (Å²) in [5, 5.41) is 26.5. The zero-order valence-corrected chi connectivity index (χ0v) is 76.5. The number of carbonyl (C=O) groups excluding carboxylic acids is 8. The van der Waals surface area contributed by atoms with Crippen molar-refractivity contribution in [3.05, 3.63) is 393 Å². The van der Waals surface area contributed by atoms with Crippen molar-refractivity contribution >= 4 is 125 Å². The second-order valence-electron chi connectivity index (χ2n) is 27.4. The van der Waals surface area contributed by atoms with Crippen molar-refractivity contribution in [3.8, 4) is 12.3 Å². The number of nitrogens with one attached hydrogen (secondary N) is 12. The molecule has 10 amide bonds. The Kier molecular flexibility index (Phi) is 54.0. The first-order chi connectivity index (χ1) is 63.3. The molecule has 1 atom stereocenters. The molecule has 0 saturated heterocycles. The quantitative estimate of drug-likeness (QED) is 0.00939. The Balaban J connectivity index is 0.000000311. The number of ether oxygens (including phenoxy) is 2. The molecule has 0 spiro atoms. The number of aryl methyl sites for hydroxylation is 1. The van der Waals surface area contributed by atoms with Crippen molar-refractivity contribution in [1.82, 2.24) is 20.7 Å². The first-order valence-corrected chi connectivity index (χ1v) is 45.2. The molecule has 0 fully saturated rings. The van der Waals surface area contributed by atoms with Crippen molar-refractivity contribution in [3.63, 3.8) is 0 Å². The molecule has 12 N–H and O–H groups in total. The largest absolute Gasteiger partial charge is 0.467 e. The Labute approximate surface area is 774 Å². The summed E-state index contributed by atoms with van der Waals surface area (Å²) in [5.74, 6) is 2.56. The number of hydrogen-bond acceptors (Lipinski definition) is 14. The topological polar surface area (TPSA) is 368 Å².